The Bertz CT molecular complexity index is 644. The van der Waals surface area contributed by atoms with E-state index in [0.29, 0.717) is 12.5 Å². The van der Waals surface area contributed by atoms with Crippen LogP contribution in [0.2, 0.25) is 0 Å². The van der Waals surface area contributed by atoms with Gasteiger partial charge >= 0.3 is 11.9 Å². The number of cyclic esters (lactones) is 1. The van der Waals surface area contributed by atoms with E-state index >= 15 is 0 Å². The molecule has 0 N–H and O–H groups in total. The number of methoxy groups -OCH3 is 1. The van der Waals surface area contributed by atoms with E-state index in [1.165, 1.54) is 18.3 Å². The second-order valence-corrected chi connectivity index (χ2v) is 8.40. The lowest BCUT2D eigenvalue weighted by atomic mass is 9.55. The highest BCUT2D eigenvalue weighted by Crippen LogP contribution is 2.57. The van der Waals surface area contributed by atoms with Crippen molar-refractivity contribution in [3.05, 3.63) is 22.8 Å². The zero-order valence-electron chi connectivity index (χ0n) is 15.9. The minimum absolute atomic E-state index is 0.0791. The Hall–Kier alpha value is -1.58. The zero-order valence-corrected chi connectivity index (χ0v) is 15.9. The third-order valence-corrected chi connectivity index (χ3v) is 7.06. The molecule has 0 aromatic carbocycles. The van der Waals surface area contributed by atoms with Crippen LogP contribution in [0.4, 0.5) is 0 Å². The summed E-state index contributed by atoms with van der Waals surface area (Å²) in [6.45, 7) is 7.19. The van der Waals surface area contributed by atoms with Crippen molar-refractivity contribution in [1.82, 2.24) is 0 Å². The summed E-state index contributed by atoms with van der Waals surface area (Å²) in [4.78, 5) is 23.8. The molecule has 0 fully saturated rings. The maximum atomic E-state index is 12.5. The van der Waals surface area contributed by atoms with Gasteiger partial charge in [0.1, 0.15) is 6.61 Å². The third kappa shape index (κ3) is 3.04. The molecule has 1 heterocycles. The van der Waals surface area contributed by atoms with Crippen LogP contribution in [0.1, 0.15) is 65.7 Å². The molecule has 0 aromatic heterocycles. The van der Waals surface area contributed by atoms with Crippen LogP contribution in [0.25, 0.3) is 0 Å². The Kier molecular flexibility index (Phi) is 4.82. The van der Waals surface area contributed by atoms with Gasteiger partial charge in [0.05, 0.1) is 12.5 Å². The molecule has 0 unspecified atom stereocenters. The first-order chi connectivity index (χ1) is 11.8. The minimum atomic E-state index is -0.463. The number of carbonyl (C=O) groups is 2. The van der Waals surface area contributed by atoms with Gasteiger partial charge < -0.3 is 9.47 Å². The van der Waals surface area contributed by atoms with Crippen LogP contribution in [0.15, 0.2) is 22.8 Å². The van der Waals surface area contributed by atoms with Gasteiger partial charge in [0, 0.05) is 6.08 Å². The van der Waals surface area contributed by atoms with Gasteiger partial charge in [0.15, 0.2) is 0 Å². The maximum Gasteiger partial charge on any atom is 0.331 e. The van der Waals surface area contributed by atoms with E-state index in [4.69, 9.17) is 9.47 Å². The molecule has 138 valence electrons. The van der Waals surface area contributed by atoms with E-state index in [2.05, 4.69) is 20.8 Å². The normalized spacial score (nSPS) is 35.1. The fourth-order valence-electron chi connectivity index (χ4n) is 5.11. The van der Waals surface area contributed by atoms with Gasteiger partial charge in [0.25, 0.3) is 0 Å². The van der Waals surface area contributed by atoms with Crippen molar-refractivity contribution in [2.75, 3.05) is 13.7 Å². The van der Waals surface area contributed by atoms with Gasteiger partial charge in [-0.1, -0.05) is 25.0 Å². The number of hydrogen-bond acceptors (Lipinski definition) is 4. The van der Waals surface area contributed by atoms with E-state index in [9.17, 15) is 9.59 Å². The highest BCUT2D eigenvalue weighted by molar-refractivity contribution is 5.85. The summed E-state index contributed by atoms with van der Waals surface area (Å²) < 4.78 is 10.2. The number of hydrogen-bond donors (Lipinski definition) is 0. The van der Waals surface area contributed by atoms with Gasteiger partial charge in [-0.15, -0.1) is 0 Å². The minimum Gasteiger partial charge on any atom is -0.468 e. The van der Waals surface area contributed by atoms with E-state index < -0.39 is 5.41 Å². The van der Waals surface area contributed by atoms with Gasteiger partial charge in [-0.05, 0) is 68.8 Å². The predicted octanol–water partition coefficient (Wildman–Crippen LogP) is 4.35. The Morgan fingerprint density at radius 2 is 2.08 bits per heavy atom. The zero-order chi connectivity index (χ0) is 18.2. The van der Waals surface area contributed by atoms with Crippen LogP contribution >= 0.6 is 0 Å². The molecule has 0 bridgehead atoms. The van der Waals surface area contributed by atoms with Gasteiger partial charge in [-0.2, -0.15) is 0 Å². The molecule has 0 saturated heterocycles. The average molecular weight is 346 g/mol. The van der Waals surface area contributed by atoms with Crippen LogP contribution in [0.5, 0.6) is 0 Å². The second kappa shape index (κ2) is 6.62. The molecular weight excluding hydrogens is 316 g/mol. The first kappa shape index (κ1) is 18.2. The maximum absolute atomic E-state index is 12.5. The summed E-state index contributed by atoms with van der Waals surface area (Å²) in [7, 11) is 1.50. The van der Waals surface area contributed by atoms with Crippen molar-refractivity contribution >= 4 is 11.9 Å². The van der Waals surface area contributed by atoms with Crippen molar-refractivity contribution in [2.24, 2.45) is 16.7 Å². The fourth-order valence-corrected chi connectivity index (χ4v) is 5.11. The lowest BCUT2D eigenvalue weighted by Gasteiger charge is -2.49. The molecule has 4 nitrogen and oxygen atoms in total. The molecule has 0 amide bonds. The molecule has 3 rings (SSSR count). The molecule has 1 aliphatic heterocycles. The number of ether oxygens (including phenoxy) is 2. The third-order valence-electron chi connectivity index (χ3n) is 7.06. The van der Waals surface area contributed by atoms with Crippen molar-refractivity contribution in [2.45, 2.75) is 65.7 Å². The predicted molar refractivity (Wildman–Crippen MR) is 95.8 cm³/mol. The summed E-state index contributed by atoms with van der Waals surface area (Å²) in [6.07, 6.45) is 8.65. The Balaban J connectivity index is 1.91. The number of carbonyl (C=O) groups excluding carboxylic acids is 2. The molecule has 0 saturated carbocycles. The molecule has 3 atom stereocenters. The molecular formula is C21H30O4. The fraction of sp³-hybridized carbons (Fsp3) is 0.714. The highest BCUT2D eigenvalue weighted by atomic mass is 16.5. The number of esters is 2. The van der Waals surface area contributed by atoms with Crippen LogP contribution < -0.4 is 0 Å². The molecule has 2 aliphatic carbocycles. The molecule has 3 aliphatic rings. The molecule has 25 heavy (non-hydrogen) atoms. The van der Waals surface area contributed by atoms with Crippen molar-refractivity contribution in [3.8, 4) is 0 Å². The first-order valence-electron chi connectivity index (χ1n) is 9.49. The van der Waals surface area contributed by atoms with Gasteiger partial charge in [-0.25, -0.2) is 4.79 Å². The Labute approximate surface area is 150 Å². The van der Waals surface area contributed by atoms with Crippen molar-refractivity contribution < 1.29 is 19.1 Å². The lowest BCUT2D eigenvalue weighted by molar-refractivity contribution is -0.150. The summed E-state index contributed by atoms with van der Waals surface area (Å²) >= 11 is 0. The van der Waals surface area contributed by atoms with E-state index in [1.807, 2.05) is 0 Å². The van der Waals surface area contributed by atoms with Crippen LogP contribution in [-0.4, -0.2) is 25.7 Å². The Morgan fingerprint density at radius 3 is 2.72 bits per heavy atom. The molecule has 0 spiro atoms. The topological polar surface area (TPSA) is 52.6 Å². The molecule has 0 radical (unpaired) electrons. The van der Waals surface area contributed by atoms with Crippen molar-refractivity contribution in [1.29, 1.82) is 0 Å². The average Bonchev–Trinajstić information content (AvgIpc) is 3.02. The van der Waals surface area contributed by atoms with Crippen LogP contribution in [0, 0.1) is 16.7 Å². The summed E-state index contributed by atoms with van der Waals surface area (Å²) in [5.41, 5.74) is 3.53. The number of rotatable bonds is 4. The number of allylic oxidation sites excluding steroid dienone is 1. The van der Waals surface area contributed by atoms with Crippen molar-refractivity contribution in [3.63, 3.8) is 0 Å². The van der Waals surface area contributed by atoms with E-state index in [0.717, 1.165) is 50.5 Å². The first-order valence-corrected chi connectivity index (χ1v) is 9.49. The van der Waals surface area contributed by atoms with Crippen LogP contribution in [-0.2, 0) is 19.1 Å². The smallest absolute Gasteiger partial charge is 0.331 e. The van der Waals surface area contributed by atoms with Crippen LogP contribution in [0.3, 0.4) is 0 Å². The van der Waals surface area contributed by atoms with Gasteiger partial charge in [0.2, 0.25) is 0 Å². The molecule has 0 aromatic rings. The Morgan fingerprint density at radius 1 is 1.32 bits per heavy atom. The summed E-state index contributed by atoms with van der Waals surface area (Å²) in [5.74, 6) is 0.270. The SMILES string of the molecule is COC(=O)[C@]1(C)CCCC2=C1CC[C@@H](C)[C@]2(C)CCC1=CC(=O)OC1. The lowest BCUT2D eigenvalue weighted by Crippen LogP contribution is -2.42. The second-order valence-electron chi connectivity index (χ2n) is 8.40. The quantitative estimate of drug-likeness (QED) is 0.561. The monoisotopic (exact) mass is 346 g/mol. The summed E-state index contributed by atoms with van der Waals surface area (Å²) in [5, 5.41) is 0. The van der Waals surface area contributed by atoms with Gasteiger partial charge in [-0.3, -0.25) is 4.79 Å². The van der Waals surface area contributed by atoms with E-state index in [1.54, 1.807) is 6.08 Å². The largest absolute Gasteiger partial charge is 0.468 e. The van der Waals surface area contributed by atoms with E-state index in [-0.39, 0.29) is 17.4 Å². The standard InChI is InChI=1S/C21H30O4/c1-14-7-8-17-16(6-5-10-21(17,3)19(23)24-4)20(14,2)11-9-15-12-18(22)25-13-15/h12,14H,5-11,13H2,1-4H3/t14-,20+,21-/m1/s1. The highest BCUT2D eigenvalue weighted by Gasteiger charge is 2.49. The molecule has 4 heteroatoms. The summed E-state index contributed by atoms with van der Waals surface area (Å²) in [6, 6.07) is 0.